The van der Waals surface area contributed by atoms with Crippen molar-refractivity contribution in [3.05, 3.63) is 29.8 Å². The molecule has 1 aromatic carbocycles. The minimum atomic E-state index is -3.35. The Labute approximate surface area is 122 Å². The van der Waals surface area contributed by atoms with E-state index in [0.29, 0.717) is 11.4 Å². The zero-order valence-electron chi connectivity index (χ0n) is 12.5. The van der Waals surface area contributed by atoms with Gasteiger partial charge in [-0.3, -0.25) is 0 Å². The van der Waals surface area contributed by atoms with Crippen molar-refractivity contribution in [3.8, 4) is 0 Å². The molecule has 0 saturated carbocycles. The van der Waals surface area contributed by atoms with Crippen LogP contribution in [0.3, 0.4) is 0 Å². The van der Waals surface area contributed by atoms with Crippen LogP contribution in [0.1, 0.15) is 44.7 Å². The predicted octanol–water partition coefficient (Wildman–Crippen LogP) is 2.53. The summed E-state index contributed by atoms with van der Waals surface area (Å²) in [5.41, 5.74) is 1.10. The fourth-order valence-corrected chi connectivity index (χ4v) is 4.36. The molecule has 0 radical (unpaired) electrons. The van der Waals surface area contributed by atoms with Crippen LogP contribution in [-0.2, 0) is 10.0 Å². The lowest BCUT2D eigenvalue weighted by Gasteiger charge is -2.32. The molecule has 1 heterocycles. The van der Waals surface area contributed by atoms with Crippen LogP contribution >= 0.6 is 0 Å². The lowest BCUT2D eigenvalue weighted by Crippen LogP contribution is -2.41. The molecule has 20 heavy (non-hydrogen) atoms. The Morgan fingerprint density at radius 1 is 1.25 bits per heavy atom. The molecule has 0 amide bonds. The van der Waals surface area contributed by atoms with Crippen molar-refractivity contribution in [3.63, 3.8) is 0 Å². The van der Waals surface area contributed by atoms with Crippen LogP contribution in [0, 0.1) is 0 Å². The van der Waals surface area contributed by atoms with Gasteiger partial charge in [0.05, 0.1) is 4.90 Å². The molecule has 2 rings (SSSR count). The van der Waals surface area contributed by atoms with Crippen LogP contribution in [0.5, 0.6) is 0 Å². The number of nitrogens with zero attached hydrogens (tertiary/aromatic N) is 1. The van der Waals surface area contributed by atoms with Gasteiger partial charge in [-0.1, -0.05) is 18.6 Å². The molecule has 2 unspecified atom stereocenters. The molecule has 0 bridgehead atoms. The van der Waals surface area contributed by atoms with Gasteiger partial charge >= 0.3 is 0 Å². The second kappa shape index (κ2) is 6.24. The summed E-state index contributed by atoms with van der Waals surface area (Å²) in [6, 6.07) is 7.55. The second-order valence-corrected chi connectivity index (χ2v) is 7.43. The Balaban J connectivity index is 2.25. The summed E-state index contributed by atoms with van der Waals surface area (Å²) >= 11 is 0. The van der Waals surface area contributed by atoms with Gasteiger partial charge in [0.2, 0.25) is 10.0 Å². The molecule has 1 fully saturated rings. The van der Waals surface area contributed by atoms with Crippen LogP contribution < -0.4 is 5.32 Å². The molecule has 1 N–H and O–H groups in total. The molecule has 0 aromatic heterocycles. The molecular formula is C15H24N2O2S. The third kappa shape index (κ3) is 3.05. The average Bonchev–Trinajstić information content (AvgIpc) is 2.47. The van der Waals surface area contributed by atoms with E-state index in [1.807, 2.05) is 26.1 Å². The van der Waals surface area contributed by atoms with Gasteiger partial charge in [0.25, 0.3) is 0 Å². The summed E-state index contributed by atoms with van der Waals surface area (Å²) in [4.78, 5) is 0.401. The normalized spacial score (nSPS) is 22.6. The molecule has 1 aliphatic heterocycles. The van der Waals surface area contributed by atoms with E-state index in [1.54, 1.807) is 16.4 Å². The highest BCUT2D eigenvalue weighted by molar-refractivity contribution is 7.89. The Bertz CT molecular complexity index is 539. The first kappa shape index (κ1) is 15.5. The summed E-state index contributed by atoms with van der Waals surface area (Å²) in [5, 5.41) is 3.15. The average molecular weight is 296 g/mol. The molecule has 0 spiro atoms. The highest BCUT2D eigenvalue weighted by atomic mass is 32.2. The van der Waals surface area contributed by atoms with E-state index in [9.17, 15) is 8.42 Å². The number of piperidine rings is 1. The van der Waals surface area contributed by atoms with Gasteiger partial charge in [0.1, 0.15) is 0 Å². The third-order valence-electron chi connectivity index (χ3n) is 4.16. The van der Waals surface area contributed by atoms with E-state index in [0.717, 1.165) is 24.8 Å². The van der Waals surface area contributed by atoms with Gasteiger partial charge in [-0.2, -0.15) is 4.31 Å². The maximum atomic E-state index is 12.7. The first-order valence-corrected chi connectivity index (χ1v) is 8.70. The first-order chi connectivity index (χ1) is 9.46. The molecule has 1 aliphatic rings. The fraction of sp³-hybridized carbons (Fsp3) is 0.600. The highest BCUT2D eigenvalue weighted by Crippen LogP contribution is 2.25. The van der Waals surface area contributed by atoms with Crippen LogP contribution in [0.2, 0.25) is 0 Å². The van der Waals surface area contributed by atoms with Crippen molar-refractivity contribution in [1.29, 1.82) is 0 Å². The number of sulfonamides is 1. The molecule has 1 saturated heterocycles. The Hall–Kier alpha value is -0.910. The number of hydrogen-bond donors (Lipinski definition) is 1. The third-order valence-corrected chi connectivity index (χ3v) is 6.19. The second-order valence-electron chi connectivity index (χ2n) is 5.54. The summed E-state index contributed by atoms with van der Waals surface area (Å²) in [7, 11) is -1.45. The van der Waals surface area contributed by atoms with Gasteiger partial charge < -0.3 is 5.32 Å². The van der Waals surface area contributed by atoms with Gasteiger partial charge in [0, 0.05) is 18.6 Å². The van der Waals surface area contributed by atoms with Crippen molar-refractivity contribution < 1.29 is 8.42 Å². The van der Waals surface area contributed by atoms with E-state index >= 15 is 0 Å². The van der Waals surface area contributed by atoms with Crippen molar-refractivity contribution in [2.45, 2.75) is 50.1 Å². The Morgan fingerprint density at radius 2 is 1.90 bits per heavy atom. The van der Waals surface area contributed by atoms with E-state index < -0.39 is 10.0 Å². The molecule has 2 atom stereocenters. The lowest BCUT2D eigenvalue weighted by atomic mass is 10.1. The van der Waals surface area contributed by atoms with Gasteiger partial charge in [0.15, 0.2) is 0 Å². The summed E-state index contributed by atoms with van der Waals surface area (Å²) in [6.07, 6.45) is 3.03. The zero-order chi connectivity index (χ0) is 14.8. The summed E-state index contributed by atoms with van der Waals surface area (Å²) in [5.74, 6) is 0. The van der Waals surface area contributed by atoms with E-state index in [2.05, 4.69) is 12.2 Å². The fourth-order valence-electron chi connectivity index (χ4n) is 2.66. The quantitative estimate of drug-likeness (QED) is 0.929. The lowest BCUT2D eigenvalue weighted by molar-refractivity contribution is 0.268. The minimum Gasteiger partial charge on any atom is -0.313 e. The highest BCUT2D eigenvalue weighted by Gasteiger charge is 2.30. The summed E-state index contributed by atoms with van der Waals surface area (Å²) in [6.45, 7) is 4.68. The molecule has 1 aromatic rings. The van der Waals surface area contributed by atoms with Gasteiger partial charge in [-0.05, 0) is 51.4 Å². The number of hydrogen-bond acceptors (Lipinski definition) is 3. The number of nitrogens with one attached hydrogen (secondary N) is 1. The summed E-state index contributed by atoms with van der Waals surface area (Å²) < 4.78 is 27.0. The Morgan fingerprint density at radius 3 is 2.45 bits per heavy atom. The van der Waals surface area contributed by atoms with E-state index in [-0.39, 0.29) is 12.1 Å². The van der Waals surface area contributed by atoms with Gasteiger partial charge in [-0.25, -0.2) is 8.42 Å². The first-order valence-electron chi connectivity index (χ1n) is 7.26. The minimum absolute atomic E-state index is 0.102. The van der Waals surface area contributed by atoms with Crippen LogP contribution in [-0.4, -0.2) is 32.4 Å². The van der Waals surface area contributed by atoms with Crippen molar-refractivity contribution in [2.75, 3.05) is 13.6 Å². The largest absolute Gasteiger partial charge is 0.313 e. The molecule has 112 valence electrons. The van der Waals surface area contributed by atoms with Crippen molar-refractivity contribution in [2.24, 2.45) is 0 Å². The van der Waals surface area contributed by atoms with E-state index in [4.69, 9.17) is 0 Å². The topological polar surface area (TPSA) is 49.4 Å². The van der Waals surface area contributed by atoms with E-state index in [1.165, 1.54) is 0 Å². The molecular weight excluding hydrogens is 272 g/mol. The van der Waals surface area contributed by atoms with Crippen LogP contribution in [0.25, 0.3) is 0 Å². The zero-order valence-corrected chi connectivity index (χ0v) is 13.3. The van der Waals surface area contributed by atoms with Crippen molar-refractivity contribution in [1.82, 2.24) is 9.62 Å². The SMILES string of the molecule is CNC(C)c1ccc(S(=O)(=O)N2CCCCC2C)cc1. The number of benzene rings is 1. The van der Waals surface area contributed by atoms with Crippen LogP contribution in [0.15, 0.2) is 29.2 Å². The molecule has 5 heteroatoms. The predicted molar refractivity (Wildman–Crippen MR) is 81.1 cm³/mol. The van der Waals surface area contributed by atoms with Gasteiger partial charge in [-0.15, -0.1) is 0 Å². The van der Waals surface area contributed by atoms with Crippen molar-refractivity contribution >= 4 is 10.0 Å². The maximum absolute atomic E-state index is 12.7. The molecule has 4 nitrogen and oxygen atoms in total. The maximum Gasteiger partial charge on any atom is 0.243 e. The standard InChI is InChI=1S/C15H24N2O2S/c1-12-6-4-5-11-17(12)20(18,19)15-9-7-14(8-10-15)13(2)16-3/h7-10,12-13,16H,4-6,11H2,1-3H3. The Kier molecular flexibility index (Phi) is 4.83. The van der Waals surface area contributed by atoms with Crippen LogP contribution in [0.4, 0.5) is 0 Å². The smallest absolute Gasteiger partial charge is 0.243 e. The molecule has 0 aliphatic carbocycles. The number of rotatable bonds is 4. The monoisotopic (exact) mass is 296 g/mol.